The molecule has 0 saturated heterocycles. The maximum Gasteiger partial charge on any atom is 0.325 e. The molecule has 1 heterocycles. The van der Waals surface area contributed by atoms with Crippen LogP contribution in [0.3, 0.4) is 0 Å². The quantitative estimate of drug-likeness (QED) is 0.780. The van der Waals surface area contributed by atoms with E-state index < -0.39 is 5.97 Å². The Labute approximate surface area is 119 Å². The molecule has 0 aromatic carbocycles. The average Bonchev–Trinajstić information content (AvgIpc) is 2.34. The van der Waals surface area contributed by atoms with Gasteiger partial charge in [-0.1, -0.05) is 0 Å². The third kappa shape index (κ3) is 3.59. The highest BCUT2D eigenvalue weighted by atomic mass is 16.5. The number of ether oxygens (including phenoxy) is 1. The van der Waals surface area contributed by atoms with Gasteiger partial charge in [-0.25, -0.2) is 4.98 Å². The molecule has 0 aliphatic carbocycles. The van der Waals surface area contributed by atoms with Gasteiger partial charge in [0.25, 0.3) is 5.56 Å². The number of esters is 1. The van der Waals surface area contributed by atoms with E-state index in [-0.39, 0.29) is 29.5 Å². The van der Waals surface area contributed by atoms with Crippen molar-refractivity contribution in [1.82, 2.24) is 9.55 Å². The second-order valence-electron chi connectivity index (χ2n) is 5.89. The lowest BCUT2D eigenvalue weighted by Crippen LogP contribution is -2.43. The molecule has 0 unspecified atom stereocenters. The number of carbonyl (C=O) groups excluding carboxylic acids is 1. The van der Waals surface area contributed by atoms with Crippen molar-refractivity contribution in [1.29, 1.82) is 0 Å². The van der Waals surface area contributed by atoms with Crippen molar-refractivity contribution in [3.8, 4) is 0 Å². The SMILES string of the molecule is COC(=O)CN(c1nccn(C(C)(C)C)c1=O)C(C)C. The van der Waals surface area contributed by atoms with Crippen LogP contribution in [0.25, 0.3) is 0 Å². The van der Waals surface area contributed by atoms with E-state index in [4.69, 9.17) is 0 Å². The fourth-order valence-corrected chi connectivity index (χ4v) is 1.83. The first-order valence-corrected chi connectivity index (χ1v) is 6.60. The van der Waals surface area contributed by atoms with E-state index >= 15 is 0 Å². The topological polar surface area (TPSA) is 64.4 Å². The van der Waals surface area contributed by atoms with Crippen molar-refractivity contribution in [2.45, 2.75) is 46.2 Å². The number of anilines is 1. The number of carbonyl (C=O) groups is 1. The Balaban J connectivity index is 3.29. The molecule has 1 rings (SSSR count). The Kier molecular flexibility index (Phi) is 4.92. The van der Waals surface area contributed by atoms with Crippen molar-refractivity contribution in [2.24, 2.45) is 0 Å². The molecule has 6 nitrogen and oxygen atoms in total. The van der Waals surface area contributed by atoms with Crippen molar-refractivity contribution < 1.29 is 9.53 Å². The number of aromatic nitrogens is 2. The van der Waals surface area contributed by atoms with Gasteiger partial charge in [-0.3, -0.25) is 9.59 Å². The van der Waals surface area contributed by atoms with Crippen LogP contribution in [0.2, 0.25) is 0 Å². The highest BCUT2D eigenvalue weighted by Crippen LogP contribution is 2.14. The van der Waals surface area contributed by atoms with Crippen molar-refractivity contribution in [3.05, 3.63) is 22.7 Å². The van der Waals surface area contributed by atoms with Gasteiger partial charge in [0.05, 0.1) is 7.11 Å². The predicted octanol–water partition coefficient (Wildman–Crippen LogP) is 1.39. The average molecular weight is 281 g/mol. The van der Waals surface area contributed by atoms with Crippen molar-refractivity contribution in [3.63, 3.8) is 0 Å². The summed E-state index contributed by atoms with van der Waals surface area (Å²) in [5.74, 6) is -0.131. The Morgan fingerprint density at radius 3 is 2.50 bits per heavy atom. The van der Waals surface area contributed by atoms with Crippen LogP contribution in [0.15, 0.2) is 17.2 Å². The molecule has 0 bridgehead atoms. The summed E-state index contributed by atoms with van der Waals surface area (Å²) in [6.45, 7) is 9.64. The minimum absolute atomic E-state index is 0.00453. The van der Waals surface area contributed by atoms with Gasteiger partial charge >= 0.3 is 5.97 Å². The van der Waals surface area contributed by atoms with Crippen molar-refractivity contribution >= 4 is 11.8 Å². The molecule has 0 spiro atoms. The summed E-state index contributed by atoms with van der Waals surface area (Å²) >= 11 is 0. The van der Waals surface area contributed by atoms with Crippen LogP contribution < -0.4 is 10.5 Å². The second-order valence-corrected chi connectivity index (χ2v) is 5.89. The van der Waals surface area contributed by atoms with E-state index in [0.717, 1.165) is 0 Å². The number of hydrogen-bond donors (Lipinski definition) is 0. The van der Waals surface area contributed by atoms with Gasteiger partial charge in [-0.15, -0.1) is 0 Å². The highest BCUT2D eigenvalue weighted by Gasteiger charge is 2.23. The maximum atomic E-state index is 12.5. The van der Waals surface area contributed by atoms with Crippen molar-refractivity contribution in [2.75, 3.05) is 18.6 Å². The Bertz CT molecular complexity index is 529. The summed E-state index contributed by atoms with van der Waals surface area (Å²) in [7, 11) is 1.33. The fraction of sp³-hybridized carbons (Fsp3) is 0.643. The molecule has 0 amide bonds. The fourth-order valence-electron chi connectivity index (χ4n) is 1.83. The Morgan fingerprint density at radius 1 is 1.45 bits per heavy atom. The van der Waals surface area contributed by atoms with Gasteiger partial charge in [0.15, 0.2) is 5.82 Å². The molecule has 1 aromatic heterocycles. The van der Waals surface area contributed by atoms with Gasteiger partial charge in [-0.2, -0.15) is 0 Å². The smallest absolute Gasteiger partial charge is 0.325 e. The molecular weight excluding hydrogens is 258 g/mol. The first-order chi connectivity index (χ1) is 9.18. The molecule has 0 N–H and O–H groups in total. The summed E-state index contributed by atoms with van der Waals surface area (Å²) in [6.07, 6.45) is 3.23. The lowest BCUT2D eigenvalue weighted by atomic mass is 10.1. The third-order valence-electron chi connectivity index (χ3n) is 2.97. The molecule has 0 atom stereocenters. The zero-order chi connectivity index (χ0) is 15.5. The summed E-state index contributed by atoms with van der Waals surface area (Å²) in [4.78, 5) is 29.8. The zero-order valence-electron chi connectivity index (χ0n) is 13.0. The van der Waals surface area contributed by atoms with Gasteiger partial charge in [0.2, 0.25) is 0 Å². The van der Waals surface area contributed by atoms with Gasteiger partial charge in [0, 0.05) is 24.0 Å². The van der Waals surface area contributed by atoms with Crippen LogP contribution in [0.1, 0.15) is 34.6 Å². The molecule has 0 aliphatic rings. The van der Waals surface area contributed by atoms with E-state index in [0.29, 0.717) is 0 Å². The number of methoxy groups -OCH3 is 1. The monoisotopic (exact) mass is 281 g/mol. The van der Waals surface area contributed by atoms with Gasteiger partial charge in [-0.05, 0) is 34.6 Å². The Morgan fingerprint density at radius 2 is 2.05 bits per heavy atom. The molecule has 0 aliphatic heterocycles. The molecule has 112 valence electrons. The lowest BCUT2D eigenvalue weighted by molar-refractivity contribution is -0.139. The summed E-state index contributed by atoms with van der Waals surface area (Å²) < 4.78 is 6.29. The summed E-state index contributed by atoms with van der Waals surface area (Å²) in [5, 5.41) is 0. The highest BCUT2D eigenvalue weighted by molar-refractivity contribution is 5.75. The van der Waals surface area contributed by atoms with E-state index in [9.17, 15) is 9.59 Å². The minimum atomic E-state index is -0.397. The third-order valence-corrected chi connectivity index (χ3v) is 2.97. The summed E-state index contributed by atoms with van der Waals surface area (Å²) in [5.41, 5.74) is -0.555. The Hall–Kier alpha value is -1.85. The van der Waals surface area contributed by atoms with Crippen LogP contribution in [0, 0.1) is 0 Å². The first kappa shape index (κ1) is 16.2. The normalized spacial score (nSPS) is 11.6. The van der Waals surface area contributed by atoms with Crippen LogP contribution >= 0.6 is 0 Å². The second kappa shape index (κ2) is 6.07. The number of rotatable bonds is 4. The van der Waals surface area contributed by atoms with Gasteiger partial charge in [0.1, 0.15) is 6.54 Å². The lowest BCUT2D eigenvalue weighted by Gasteiger charge is -2.28. The van der Waals surface area contributed by atoms with E-state index in [2.05, 4.69) is 9.72 Å². The van der Waals surface area contributed by atoms with E-state index in [1.807, 2.05) is 34.6 Å². The molecule has 20 heavy (non-hydrogen) atoms. The molecule has 0 radical (unpaired) electrons. The van der Waals surface area contributed by atoms with Crippen LogP contribution in [-0.4, -0.2) is 35.2 Å². The summed E-state index contributed by atoms with van der Waals surface area (Å²) in [6, 6.07) is -0.0369. The largest absolute Gasteiger partial charge is 0.468 e. The first-order valence-electron chi connectivity index (χ1n) is 6.60. The van der Waals surface area contributed by atoms with Crippen LogP contribution in [-0.2, 0) is 15.1 Å². The minimum Gasteiger partial charge on any atom is -0.468 e. The standard InChI is InChI=1S/C14H23N3O3/c1-10(2)16(9-11(18)20-6)12-13(19)17(8-7-15-12)14(3,4)5/h7-8,10H,9H2,1-6H3. The van der Waals surface area contributed by atoms with Crippen LogP contribution in [0.4, 0.5) is 5.82 Å². The van der Waals surface area contributed by atoms with Crippen LogP contribution in [0.5, 0.6) is 0 Å². The molecule has 0 saturated carbocycles. The van der Waals surface area contributed by atoms with Gasteiger partial charge < -0.3 is 14.2 Å². The molecule has 6 heteroatoms. The van der Waals surface area contributed by atoms with E-state index in [1.165, 1.54) is 7.11 Å². The van der Waals surface area contributed by atoms with E-state index in [1.54, 1.807) is 21.9 Å². The number of hydrogen-bond acceptors (Lipinski definition) is 5. The molecule has 1 aromatic rings. The molecule has 0 fully saturated rings. The molecular formula is C14H23N3O3. The number of nitrogens with zero attached hydrogens (tertiary/aromatic N) is 3. The maximum absolute atomic E-state index is 12.5. The predicted molar refractivity (Wildman–Crippen MR) is 78.0 cm³/mol. The zero-order valence-corrected chi connectivity index (χ0v) is 13.0.